The molecule has 1 heterocycles. The second kappa shape index (κ2) is 10.5. The van der Waals surface area contributed by atoms with Crippen LogP contribution in [0.15, 0.2) is 29.6 Å². The first-order valence-corrected chi connectivity index (χ1v) is 10.7. The van der Waals surface area contributed by atoms with Gasteiger partial charge in [-0.1, -0.05) is 19.3 Å². The number of thiazole rings is 1. The summed E-state index contributed by atoms with van der Waals surface area (Å²) in [6, 6.07) is 4.92. The Morgan fingerprint density at radius 2 is 1.77 bits per heavy atom. The number of rotatable bonds is 8. The third kappa shape index (κ3) is 7.74. The molecule has 2 aromatic rings. The van der Waals surface area contributed by atoms with Crippen molar-refractivity contribution in [1.82, 2.24) is 15.6 Å². The zero-order valence-electron chi connectivity index (χ0n) is 16.5. The summed E-state index contributed by atoms with van der Waals surface area (Å²) >= 11 is 1.27. The van der Waals surface area contributed by atoms with Crippen molar-refractivity contribution in [3.8, 4) is 11.5 Å². The Morgan fingerprint density at radius 1 is 1.10 bits per heavy atom. The lowest BCUT2D eigenvalue weighted by molar-refractivity contribution is -0.274. The number of carbonyl (C=O) groups is 2. The zero-order valence-corrected chi connectivity index (χ0v) is 17.4. The van der Waals surface area contributed by atoms with Gasteiger partial charge >= 0.3 is 6.36 Å². The Labute approximate surface area is 181 Å². The van der Waals surface area contributed by atoms with Crippen LogP contribution in [0, 0.1) is 0 Å². The van der Waals surface area contributed by atoms with Crippen LogP contribution < -0.4 is 20.1 Å². The fourth-order valence-electron chi connectivity index (χ4n) is 3.11. The van der Waals surface area contributed by atoms with Crippen LogP contribution in [-0.2, 0) is 11.3 Å². The van der Waals surface area contributed by atoms with Crippen molar-refractivity contribution in [2.75, 3.05) is 6.61 Å². The fourth-order valence-corrected chi connectivity index (χ4v) is 3.83. The lowest BCUT2D eigenvalue weighted by atomic mass is 9.95. The third-order valence-electron chi connectivity index (χ3n) is 4.59. The van der Waals surface area contributed by atoms with Gasteiger partial charge < -0.3 is 20.1 Å². The maximum Gasteiger partial charge on any atom is 0.573 e. The summed E-state index contributed by atoms with van der Waals surface area (Å²) in [6.45, 7) is -0.179. The summed E-state index contributed by atoms with van der Waals surface area (Å²) in [7, 11) is 0. The first-order valence-electron chi connectivity index (χ1n) is 9.79. The Bertz CT molecular complexity index is 881. The molecule has 1 aromatic heterocycles. The van der Waals surface area contributed by atoms with Crippen LogP contribution in [0.3, 0.4) is 0 Å². The van der Waals surface area contributed by atoms with Crippen molar-refractivity contribution in [3.63, 3.8) is 0 Å². The molecule has 1 aliphatic rings. The molecule has 11 heteroatoms. The van der Waals surface area contributed by atoms with E-state index in [4.69, 9.17) is 4.74 Å². The van der Waals surface area contributed by atoms with Crippen LogP contribution in [0.2, 0.25) is 0 Å². The van der Waals surface area contributed by atoms with Gasteiger partial charge in [0, 0.05) is 11.4 Å². The van der Waals surface area contributed by atoms with Crippen molar-refractivity contribution in [1.29, 1.82) is 0 Å². The number of nitrogens with one attached hydrogen (secondary N) is 2. The van der Waals surface area contributed by atoms with E-state index in [9.17, 15) is 22.8 Å². The molecular formula is C20H22F3N3O4S. The molecule has 0 saturated heterocycles. The summed E-state index contributed by atoms with van der Waals surface area (Å²) in [6.07, 6.45) is 0.635. The van der Waals surface area contributed by atoms with Crippen LogP contribution in [0.25, 0.3) is 0 Å². The minimum absolute atomic E-state index is 0.141. The van der Waals surface area contributed by atoms with Gasteiger partial charge in [0.25, 0.3) is 11.8 Å². The molecule has 7 nitrogen and oxygen atoms in total. The number of alkyl halides is 3. The molecular weight excluding hydrogens is 435 g/mol. The number of hydrogen-bond acceptors (Lipinski definition) is 6. The topological polar surface area (TPSA) is 89.6 Å². The highest BCUT2D eigenvalue weighted by Crippen LogP contribution is 2.24. The van der Waals surface area contributed by atoms with Crippen LogP contribution in [-0.4, -0.2) is 35.8 Å². The van der Waals surface area contributed by atoms with E-state index in [1.165, 1.54) is 29.9 Å². The van der Waals surface area contributed by atoms with Gasteiger partial charge in [-0.15, -0.1) is 24.5 Å². The number of hydrogen-bond donors (Lipinski definition) is 2. The van der Waals surface area contributed by atoms with Crippen molar-refractivity contribution in [3.05, 3.63) is 40.3 Å². The highest BCUT2D eigenvalue weighted by molar-refractivity contribution is 7.09. The van der Waals surface area contributed by atoms with Gasteiger partial charge in [0.15, 0.2) is 6.61 Å². The smallest absolute Gasteiger partial charge is 0.484 e. The van der Waals surface area contributed by atoms with Crippen molar-refractivity contribution >= 4 is 23.2 Å². The van der Waals surface area contributed by atoms with Gasteiger partial charge in [-0.2, -0.15) is 0 Å². The van der Waals surface area contributed by atoms with Gasteiger partial charge in [0.2, 0.25) is 0 Å². The number of ether oxygens (including phenoxy) is 2. The van der Waals surface area contributed by atoms with Gasteiger partial charge in [0.05, 0.1) is 6.54 Å². The van der Waals surface area contributed by atoms with E-state index in [1.807, 2.05) is 0 Å². The van der Waals surface area contributed by atoms with E-state index in [0.717, 1.165) is 37.8 Å². The molecule has 0 unspecified atom stereocenters. The third-order valence-corrected chi connectivity index (χ3v) is 5.44. The number of aromatic nitrogens is 1. The quantitative estimate of drug-likeness (QED) is 0.630. The lowest BCUT2D eigenvalue weighted by Gasteiger charge is -2.22. The Morgan fingerprint density at radius 3 is 2.45 bits per heavy atom. The zero-order chi connectivity index (χ0) is 22.3. The van der Waals surface area contributed by atoms with Gasteiger partial charge in [-0.05, 0) is 37.1 Å². The maximum atomic E-state index is 12.3. The highest BCUT2D eigenvalue weighted by atomic mass is 32.1. The summed E-state index contributed by atoms with van der Waals surface area (Å²) in [5.41, 5.74) is 0.331. The number of halogens is 3. The standard InChI is InChI=1S/C20H22F3N3O4S/c21-20(22,23)30-15-8-6-14(7-9-15)29-11-17(27)24-10-18-26-16(12-31-18)19(28)25-13-4-2-1-3-5-13/h6-9,12-13H,1-5,10-11H2,(H,24,27)(H,25,28). The largest absolute Gasteiger partial charge is 0.573 e. The molecule has 1 fully saturated rings. The van der Waals surface area contributed by atoms with Crippen molar-refractivity contribution < 1.29 is 32.2 Å². The number of amides is 2. The molecule has 1 aliphatic carbocycles. The maximum absolute atomic E-state index is 12.3. The predicted octanol–water partition coefficient (Wildman–Crippen LogP) is 3.80. The van der Waals surface area contributed by atoms with Crippen LogP contribution >= 0.6 is 11.3 Å². The van der Waals surface area contributed by atoms with E-state index in [0.29, 0.717) is 10.7 Å². The van der Waals surface area contributed by atoms with E-state index in [2.05, 4.69) is 20.4 Å². The summed E-state index contributed by atoms with van der Waals surface area (Å²) in [5, 5.41) is 7.85. The molecule has 3 rings (SSSR count). The summed E-state index contributed by atoms with van der Waals surface area (Å²) < 4.78 is 45.4. The molecule has 1 saturated carbocycles. The van der Waals surface area contributed by atoms with Gasteiger partial charge in [-0.25, -0.2) is 4.98 Å². The average molecular weight is 457 g/mol. The minimum Gasteiger partial charge on any atom is -0.484 e. The van der Waals surface area contributed by atoms with Crippen molar-refractivity contribution in [2.45, 2.75) is 51.1 Å². The highest BCUT2D eigenvalue weighted by Gasteiger charge is 2.31. The van der Waals surface area contributed by atoms with E-state index in [-0.39, 0.29) is 36.6 Å². The molecule has 0 atom stereocenters. The molecule has 0 aliphatic heterocycles. The number of benzene rings is 1. The second-order valence-electron chi connectivity index (χ2n) is 7.02. The number of carbonyl (C=O) groups excluding carboxylic acids is 2. The lowest BCUT2D eigenvalue weighted by Crippen LogP contribution is -2.36. The SMILES string of the molecule is O=C(COc1ccc(OC(F)(F)F)cc1)NCc1nc(C(=O)NC2CCCCC2)cs1. The van der Waals surface area contributed by atoms with E-state index in [1.54, 1.807) is 5.38 Å². The normalized spacial score (nSPS) is 14.7. The first kappa shape index (κ1) is 22.9. The molecule has 0 spiro atoms. The molecule has 2 N–H and O–H groups in total. The van der Waals surface area contributed by atoms with Crippen LogP contribution in [0.4, 0.5) is 13.2 Å². The number of nitrogens with zero attached hydrogens (tertiary/aromatic N) is 1. The molecule has 2 amide bonds. The molecule has 168 valence electrons. The fraction of sp³-hybridized carbons (Fsp3) is 0.450. The monoisotopic (exact) mass is 457 g/mol. The molecule has 0 radical (unpaired) electrons. The molecule has 0 bridgehead atoms. The summed E-state index contributed by atoms with van der Waals surface area (Å²) in [5.74, 6) is -0.793. The second-order valence-corrected chi connectivity index (χ2v) is 7.96. The van der Waals surface area contributed by atoms with E-state index < -0.39 is 12.3 Å². The Balaban J connectivity index is 1.39. The Kier molecular flexibility index (Phi) is 7.72. The Hall–Kier alpha value is -2.82. The van der Waals surface area contributed by atoms with Crippen molar-refractivity contribution in [2.24, 2.45) is 0 Å². The molecule has 1 aromatic carbocycles. The van der Waals surface area contributed by atoms with E-state index >= 15 is 0 Å². The minimum atomic E-state index is -4.77. The first-order chi connectivity index (χ1) is 14.8. The average Bonchev–Trinajstić information content (AvgIpc) is 3.21. The predicted molar refractivity (Wildman–Crippen MR) is 107 cm³/mol. The van der Waals surface area contributed by atoms with Gasteiger partial charge in [-0.3, -0.25) is 9.59 Å². The summed E-state index contributed by atoms with van der Waals surface area (Å²) in [4.78, 5) is 28.5. The van der Waals surface area contributed by atoms with Crippen LogP contribution in [0.5, 0.6) is 11.5 Å². The van der Waals surface area contributed by atoms with Gasteiger partial charge in [0.1, 0.15) is 22.2 Å². The van der Waals surface area contributed by atoms with Crippen LogP contribution in [0.1, 0.15) is 47.6 Å². The molecule has 31 heavy (non-hydrogen) atoms.